The Hall–Kier alpha value is -3.06. The summed E-state index contributed by atoms with van der Waals surface area (Å²) in [6.45, 7) is 2.01. The molecule has 0 saturated heterocycles. The van der Waals surface area contributed by atoms with Crippen LogP contribution in [0.2, 0.25) is 0 Å². The Kier molecular flexibility index (Phi) is 5.61. The van der Waals surface area contributed by atoms with Crippen molar-refractivity contribution in [3.8, 4) is 28.5 Å². The zero-order valence-electron chi connectivity index (χ0n) is 15.5. The second-order valence-electron chi connectivity index (χ2n) is 5.74. The van der Waals surface area contributed by atoms with Gasteiger partial charge in [0.2, 0.25) is 0 Å². The Morgan fingerprint density at radius 3 is 2.52 bits per heavy atom. The fourth-order valence-corrected chi connectivity index (χ4v) is 3.41. The third kappa shape index (κ3) is 3.88. The normalized spacial score (nSPS) is 10.4. The van der Waals surface area contributed by atoms with E-state index in [0.29, 0.717) is 22.2 Å². The SMILES string of the molecule is COc1ccc(C)cc1-c1csc(NC(=O)c2cccc(OC)c2OC)n1. The molecule has 0 unspecified atom stereocenters. The largest absolute Gasteiger partial charge is 0.496 e. The lowest BCUT2D eigenvalue weighted by molar-refractivity contribution is 0.102. The van der Waals surface area contributed by atoms with Crippen LogP contribution in [0, 0.1) is 6.92 Å². The molecule has 2 aromatic carbocycles. The van der Waals surface area contributed by atoms with Gasteiger partial charge in [-0.25, -0.2) is 4.98 Å². The Morgan fingerprint density at radius 1 is 1.04 bits per heavy atom. The standard InChI is InChI=1S/C20H20N2O4S/c1-12-8-9-16(24-2)14(10-12)15-11-27-20(21-15)22-19(23)13-6-5-7-17(25-3)18(13)26-4/h5-11H,1-4H3,(H,21,22,23). The molecule has 0 radical (unpaired) electrons. The smallest absolute Gasteiger partial charge is 0.261 e. The molecular weight excluding hydrogens is 364 g/mol. The zero-order chi connectivity index (χ0) is 19.4. The molecule has 0 saturated carbocycles. The number of carbonyl (C=O) groups excluding carboxylic acids is 1. The lowest BCUT2D eigenvalue weighted by Crippen LogP contribution is -2.13. The van der Waals surface area contributed by atoms with Gasteiger partial charge in [0.25, 0.3) is 5.91 Å². The minimum absolute atomic E-state index is 0.317. The van der Waals surface area contributed by atoms with E-state index in [1.165, 1.54) is 25.6 Å². The van der Waals surface area contributed by atoms with Crippen molar-refractivity contribution >= 4 is 22.4 Å². The number of hydrogen-bond acceptors (Lipinski definition) is 6. The summed E-state index contributed by atoms with van der Waals surface area (Å²) in [7, 11) is 4.65. The van der Waals surface area contributed by atoms with E-state index in [2.05, 4.69) is 10.3 Å². The number of rotatable bonds is 6. The van der Waals surface area contributed by atoms with Crippen LogP contribution in [-0.4, -0.2) is 32.2 Å². The van der Waals surface area contributed by atoms with Crippen LogP contribution in [0.1, 0.15) is 15.9 Å². The molecule has 0 aliphatic carbocycles. The van der Waals surface area contributed by atoms with Gasteiger partial charge in [-0.2, -0.15) is 0 Å². The van der Waals surface area contributed by atoms with Crippen LogP contribution in [0.15, 0.2) is 41.8 Å². The summed E-state index contributed by atoms with van der Waals surface area (Å²) in [4.78, 5) is 17.2. The third-order valence-corrected chi connectivity index (χ3v) is 4.76. The molecule has 0 bridgehead atoms. The second kappa shape index (κ2) is 8.09. The molecule has 6 nitrogen and oxygen atoms in total. The van der Waals surface area contributed by atoms with E-state index in [1.807, 2.05) is 30.5 Å². The molecule has 1 amide bonds. The van der Waals surface area contributed by atoms with Crippen LogP contribution in [0.3, 0.4) is 0 Å². The Balaban J connectivity index is 1.87. The van der Waals surface area contributed by atoms with Gasteiger partial charge in [0.1, 0.15) is 5.75 Å². The molecular formula is C20H20N2O4S. The number of carbonyl (C=O) groups is 1. The number of thiazole rings is 1. The van der Waals surface area contributed by atoms with Gasteiger partial charge >= 0.3 is 0 Å². The average Bonchev–Trinajstić information content (AvgIpc) is 3.15. The number of methoxy groups -OCH3 is 3. The maximum Gasteiger partial charge on any atom is 0.261 e. The van der Waals surface area contributed by atoms with E-state index in [1.54, 1.807) is 25.3 Å². The highest BCUT2D eigenvalue weighted by Crippen LogP contribution is 2.34. The van der Waals surface area contributed by atoms with Crippen LogP contribution in [0.25, 0.3) is 11.3 Å². The van der Waals surface area contributed by atoms with E-state index in [4.69, 9.17) is 14.2 Å². The molecule has 0 aliphatic rings. The van der Waals surface area contributed by atoms with E-state index in [-0.39, 0.29) is 5.91 Å². The Morgan fingerprint density at radius 2 is 1.81 bits per heavy atom. The van der Waals surface area contributed by atoms with Crippen molar-refractivity contribution < 1.29 is 19.0 Å². The molecule has 27 heavy (non-hydrogen) atoms. The average molecular weight is 384 g/mol. The summed E-state index contributed by atoms with van der Waals surface area (Å²) in [6.07, 6.45) is 0. The first kappa shape index (κ1) is 18.7. The van der Waals surface area contributed by atoms with Gasteiger partial charge in [0.15, 0.2) is 16.6 Å². The number of ether oxygens (including phenoxy) is 3. The first-order chi connectivity index (χ1) is 13.1. The highest BCUT2D eigenvalue weighted by Gasteiger charge is 2.18. The zero-order valence-corrected chi connectivity index (χ0v) is 16.3. The number of amides is 1. The quantitative estimate of drug-likeness (QED) is 0.682. The van der Waals surface area contributed by atoms with Crippen molar-refractivity contribution in [1.29, 1.82) is 0 Å². The van der Waals surface area contributed by atoms with Crippen LogP contribution in [-0.2, 0) is 0 Å². The van der Waals surface area contributed by atoms with Crippen molar-refractivity contribution in [2.75, 3.05) is 26.6 Å². The van der Waals surface area contributed by atoms with Crippen LogP contribution in [0.4, 0.5) is 5.13 Å². The van der Waals surface area contributed by atoms with Gasteiger partial charge in [-0.1, -0.05) is 17.7 Å². The molecule has 1 aromatic heterocycles. The first-order valence-corrected chi connectivity index (χ1v) is 9.08. The lowest BCUT2D eigenvalue weighted by Gasteiger charge is -2.11. The van der Waals surface area contributed by atoms with Crippen molar-refractivity contribution in [2.45, 2.75) is 6.92 Å². The number of nitrogens with one attached hydrogen (secondary N) is 1. The number of para-hydroxylation sites is 1. The molecule has 0 spiro atoms. The number of nitrogens with zero attached hydrogens (tertiary/aromatic N) is 1. The van der Waals surface area contributed by atoms with E-state index in [0.717, 1.165) is 22.6 Å². The van der Waals surface area contributed by atoms with E-state index < -0.39 is 0 Å². The maximum atomic E-state index is 12.7. The van der Waals surface area contributed by atoms with Gasteiger partial charge in [-0.15, -0.1) is 11.3 Å². The number of aryl methyl sites for hydroxylation is 1. The van der Waals surface area contributed by atoms with Gasteiger partial charge in [0.05, 0.1) is 32.6 Å². The van der Waals surface area contributed by atoms with Gasteiger partial charge in [0, 0.05) is 10.9 Å². The second-order valence-corrected chi connectivity index (χ2v) is 6.59. The fraction of sp³-hybridized carbons (Fsp3) is 0.200. The van der Waals surface area contributed by atoms with Gasteiger partial charge in [-0.05, 0) is 31.2 Å². The van der Waals surface area contributed by atoms with Gasteiger partial charge < -0.3 is 14.2 Å². The van der Waals surface area contributed by atoms with Crippen molar-refractivity contribution in [3.05, 3.63) is 52.9 Å². The topological polar surface area (TPSA) is 69.7 Å². The van der Waals surface area contributed by atoms with Crippen LogP contribution < -0.4 is 19.5 Å². The lowest BCUT2D eigenvalue weighted by atomic mass is 10.1. The predicted octanol–water partition coefficient (Wildman–Crippen LogP) is 4.40. The summed E-state index contributed by atoms with van der Waals surface area (Å²) in [5, 5.41) is 5.19. The van der Waals surface area contributed by atoms with Crippen LogP contribution in [0.5, 0.6) is 17.2 Å². The molecule has 1 N–H and O–H groups in total. The molecule has 7 heteroatoms. The Bertz CT molecular complexity index is 968. The van der Waals surface area contributed by atoms with Crippen molar-refractivity contribution in [3.63, 3.8) is 0 Å². The molecule has 3 aromatic rings. The number of aromatic nitrogens is 1. The monoisotopic (exact) mass is 384 g/mol. The highest BCUT2D eigenvalue weighted by molar-refractivity contribution is 7.14. The number of hydrogen-bond donors (Lipinski definition) is 1. The number of benzene rings is 2. The van der Waals surface area contributed by atoms with Gasteiger partial charge in [-0.3, -0.25) is 10.1 Å². The molecule has 3 rings (SSSR count). The van der Waals surface area contributed by atoms with Crippen molar-refractivity contribution in [2.24, 2.45) is 0 Å². The first-order valence-electron chi connectivity index (χ1n) is 8.20. The summed E-state index contributed by atoms with van der Waals surface area (Å²) < 4.78 is 16.0. The van der Waals surface area contributed by atoms with Crippen LogP contribution >= 0.6 is 11.3 Å². The molecule has 140 valence electrons. The Labute approximate surface area is 161 Å². The highest BCUT2D eigenvalue weighted by atomic mass is 32.1. The molecule has 0 aliphatic heterocycles. The maximum absolute atomic E-state index is 12.7. The molecule has 0 fully saturated rings. The fourth-order valence-electron chi connectivity index (χ4n) is 2.71. The third-order valence-electron chi connectivity index (χ3n) is 4.00. The summed E-state index contributed by atoms with van der Waals surface area (Å²) in [5.74, 6) is 1.30. The minimum Gasteiger partial charge on any atom is -0.496 e. The van der Waals surface area contributed by atoms with Crippen molar-refractivity contribution in [1.82, 2.24) is 4.98 Å². The predicted molar refractivity (Wildman–Crippen MR) is 106 cm³/mol. The minimum atomic E-state index is -0.317. The molecule has 1 heterocycles. The number of anilines is 1. The summed E-state index contributed by atoms with van der Waals surface area (Å²) >= 11 is 1.35. The van der Waals surface area contributed by atoms with E-state index in [9.17, 15) is 4.79 Å². The molecule has 0 atom stereocenters. The summed E-state index contributed by atoms with van der Waals surface area (Å²) in [5.41, 5.74) is 3.11. The summed E-state index contributed by atoms with van der Waals surface area (Å²) in [6, 6.07) is 11.0. The van der Waals surface area contributed by atoms with E-state index >= 15 is 0 Å².